The highest BCUT2D eigenvalue weighted by molar-refractivity contribution is 7.22. The highest BCUT2D eigenvalue weighted by Gasteiger charge is 2.44. The van der Waals surface area contributed by atoms with E-state index in [9.17, 15) is 4.79 Å². The number of hydrogen-bond acceptors (Lipinski definition) is 6. The summed E-state index contributed by atoms with van der Waals surface area (Å²) < 4.78 is 11.9. The van der Waals surface area contributed by atoms with Crippen molar-refractivity contribution >= 4 is 32.7 Å². The van der Waals surface area contributed by atoms with Crippen molar-refractivity contribution in [3.8, 4) is 11.5 Å². The summed E-state index contributed by atoms with van der Waals surface area (Å²) in [4.78, 5) is 21.2. The molecule has 0 saturated carbocycles. The number of nitrogens with one attached hydrogen (secondary N) is 1. The minimum atomic E-state index is -0.0526. The molecule has 0 spiro atoms. The number of aromatic nitrogens is 1. The zero-order chi connectivity index (χ0) is 15.6. The second-order valence-electron chi connectivity index (χ2n) is 6.19. The lowest BCUT2D eigenvalue weighted by atomic mass is 10.0. The Balaban J connectivity index is 1.56. The summed E-state index contributed by atoms with van der Waals surface area (Å²) in [6.07, 6.45) is 0.952. The predicted molar refractivity (Wildman–Crippen MR) is 86.4 cm³/mol. The summed E-state index contributed by atoms with van der Waals surface area (Å²) in [6, 6.07) is 4.16. The molecule has 23 heavy (non-hydrogen) atoms. The molecule has 0 bridgehead atoms. The van der Waals surface area contributed by atoms with Crippen LogP contribution in [0.25, 0.3) is 10.2 Å². The fourth-order valence-electron chi connectivity index (χ4n) is 3.61. The Morgan fingerprint density at radius 3 is 3.22 bits per heavy atom. The first-order valence-electron chi connectivity index (χ1n) is 7.68. The Labute approximate surface area is 136 Å². The number of piperidine rings is 1. The largest absolute Gasteiger partial charge is 0.454 e. The number of fused-ring (bicyclic) bond motifs is 4. The van der Waals surface area contributed by atoms with E-state index in [1.165, 1.54) is 11.3 Å². The van der Waals surface area contributed by atoms with Crippen molar-refractivity contribution in [1.82, 2.24) is 15.2 Å². The minimum Gasteiger partial charge on any atom is -0.454 e. The average Bonchev–Trinajstić information content (AvgIpc) is 3.20. The van der Waals surface area contributed by atoms with Gasteiger partial charge in [-0.3, -0.25) is 4.90 Å². The number of thiazole rings is 1. The van der Waals surface area contributed by atoms with Crippen LogP contribution in [0.5, 0.6) is 11.5 Å². The molecule has 8 heteroatoms. The van der Waals surface area contributed by atoms with Crippen molar-refractivity contribution in [3.05, 3.63) is 12.1 Å². The third kappa shape index (κ3) is 1.91. The molecular weight excluding hydrogens is 316 g/mol. The monoisotopic (exact) mass is 332 g/mol. The van der Waals surface area contributed by atoms with E-state index < -0.39 is 0 Å². The number of nitrogens with zero attached hydrogens (tertiary/aromatic N) is 3. The SMILES string of the molecule is CN1CCC2C(C1)NC(=O)N2c1nc2c3c(ccc2s1)OCO3. The number of amides is 2. The normalized spacial score (nSPS) is 26.7. The Kier molecular flexibility index (Phi) is 2.75. The van der Waals surface area contributed by atoms with Gasteiger partial charge in [0.1, 0.15) is 5.52 Å². The number of carbonyl (C=O) groups excluding carboxylic acids is 1. The van der Waals surface area contributed by atoms with E-state index in [0.29, 0.717) is 5.75 Å². The zero-order valence-electron chi connectivity index (χ0n) is 12.6. The molecule has 2 saturated heterocycles. The lowest BCUT2D eigenvalue weighted by Gasteiger charge is -2.33. The molecular formula is C15H16N4O3S. The van der Waals surface area contributed by atoms with Gasteiger partial charge in [0.25, 0.3) is 0 Å². The summed E-state index contributed by atoms with van der Waals surface area (Å²) >= 11 is 1.53. The molecule has 120 valence electrons. The lowest BCUT2D eigenvalue weighted by molar-refractivity contribution is 0.174. The van der Waals surface area contributed by atoms with Crippen LogP contribution in [0.4, 0.5) is 9.93 Å². The summed E-state index contributed by atoms with van der Waals surface area (Å²) in [5.74, 6) is 1.40. The number of hydrogen-bond donors (Lipinski definition) is 1. The maximum atomic E-state index is 12.5. The van der Waals surface area contributed by atoms with E-state index in [4.69, 9.17) is 14.5 Å². The molecule has 3 aliphatic rings. The van der Waals surface area contributed by atoms with Crippen LogP contribution in [-0.4, -0.2) is 54.9 Å². The van der Waals surface area contributed by atoms with Crippen molar-refractivity contribution < 1.29 is 14.3 Å². The van der Waals surface area contributed by atoms with Gasteiger partial charge in [0, 0.05) is 6.54 Å². The fourth-order valence-corrected chi connectivity index (χ4v) is 4.63. The number of likely N-dealkylation sites (N-methyl/N-ethyl adjacent to an activating group) is 1. The van der Waals surface area contributed by atoms with Gasteiger partial charge in [-0.1, -0.05) is 11.3 Å². The molecule has 2 amide bonds. The van der Waals surface area contributed by atoms with Crippen molar-refractivity contribution in [2.75, 3.05) is 31.8 Å². The summed E-state index contributed by atoms with van der Waals surface area (Å²) in [7, 11) is 2.09. The van der Waals surface area contributed by atoms with Gasteiger partial charge in [-0.15, -0.1) is 0 Å². The van der Waals surface area contributed by atoms with Crippen molar-refractivity contribution in [2.24, 2.45) is 0 Å². The average molecular weight is 332 g/mol. The van der Waals surface area contributed by atoms with Crippen LogP contribution >= 0.6 is 11.3 Å². The first kappa shape index (κ1) is 13.4. The van der Waals surface area contributed by atoms with Gasteiger partial charge < -0.3 is 19.7 Å². The third-order valence-corrected chi connectivity index (χ3v) is 5.75. The van der Waals surface area contributed by atoms with E-state index in [0.717, 1.165) is 40.6 Å². The van der Waals surface area contributed by atoms with E-state index in [1.54, 1.807) is 0 Å². The number of ether oxygens (including phenoxy) is 2. The van der Waals surface area contributed by atoms with Crippen LogP contribution in [0.2, 0.25) is 0 Å². The summed E-state index contributed by atoms with van der Waals surface area (Å²) in [5.41, 5.74) is 0.782. The van der Waals surface area contributed by atoms with E-state index >= 15 is 0 Å². The number of benzene rings is 1. The van der Waals surface area contributed by atoms with Crippen LogP contribution in [0.1, 0.15) is 6.42 Å². The molecule has 1 aromatic carbocycles. The van der Waals surface area contributed by atoms with Gasteiger partial charge >= 0.3 is 6.03 Å². The first-order chi connectivity index (χ1) is 11.2. The molecule has 2 atom stereocenters. The van der Waals surface area contributed by atoms with E-state index in [-0.39, 0.29) is 24.9 Å². The molecule has 2 aromatic rings. The van der Waals surface area contributed by atoms with Crippen molar-refractivity contribution in [3.63, 3.8) is 0 Å². The Bertz CT molecular complexity index is 807. The summed E-state index contributed by atoms with van der Waals surface area (Å²) in [5, 5.41) is 3.82. The molecule has 3 aliphatic heterocycles. The van der Waals surface area contributed by atoms with Gasteiger partial charge in [0.15, 0.2) is 16.6 Å². The van der Waals surface area contributed by atoms with Crippen LogP contribution in [0, 0.1) is 0 Å². The minimum absolute atomic E-state index is 0.0526. The molecule has 2 fully saturated rings. The number of likely N-dealkylation sites (tertiary alicyclic amines) is 1. The van der Waals surface area contributed by atoms with Crippen molar-refractivity contribution in [1.29, 1.82) is 0 Å². The van der Waals surface area contributed by atoms with Gasteiger partial charge in [-0.25, -0.2) is 9.78 Å². The van der Waals surface area contributed by atoms with Gasteiger partial charge in [-0.05, 0) is 32.1 Å². The molecule has 2 unspecified atom stereocenters. The Morgan fingerprint density at radius 2 is 2.30 bits per heavy atom. The van der Waals surface area contributed by atoms with Gasteiger partial charge in [-0.2, -0.15) is 0 Å². The lowest BCUT2D eigenvalue weighted by Crippen LogP contribution is -2.49. The number of urea groups is 1. The molecule has 0 aliphatic carbocycles. The number of anilines is 1. The third-order valence-electron chi connectivity index (χ3n) is 4.73. The number of carbonyl (C=O) groups is 1. The second-order valence-corrected chi connectivity index (χ2v) is 7.20. The quantitative estimate of drug-likeness (QED) is 0.860. The number of rotatable bonds is 1. The molecule has 4 heterocycles. The van der Waals surface area contributed by atoms with Gasteiger partial charge in [0.2, 0.25) is 6.79 Å². The zero-order valence-corrected chi connectivity index (χ0v) is 13.4. The Morgan fingerprint density at radius 1 is 1.39 bits per heavy atom. The molecule has 7 nitrogen and oxygen atoms in total. The maximum Gasteiger partial charge on any atom is 0.324 e. The van der Waals surface area contributed by atoms with E-state index in [2.05, 4.69) is 17.3 Å². The summed E-state index contributed by atoms with van der Waals surface area (Å²) in [6.45, 7) is 2.09. The fraction of sp³-hybridized carbons (Fsp3) is 0.467. The molecule has 1 aromatic heterocycles. The molecule has 0 radical (unpaired) electrons. The standard InChI is InChI=1S/C15H16N4O3S/c1-18-5-4-9-8(6-18)16-14(20)19(9)15-17-12-11(23-15)3-2-10-13(12)22-7-21-10/h2-3,8-9H,4-7H2,1H3,(H,16,20). The molecule has 5 rings (SSSR count). The first-order valence-corrected chi connectivity index (χ1v) is 8.50. The van der Waals surface area contributed by atoms with Crippen molar-refractivity contribution in [2.45, 2.75) is 18.5 Å². The second kappa shape index (κ2) is 4.72. The smallest absolute Gasteiger partial charge is 0.324 e. The van der Waals surface area contributed by atoms with Crippen LogP contribution in [0.15, 0.2) is 12.1 Å². The highest BCUT2D eigenvalue weighted by atomic mass is 32.1. The highest BCUT2D eigenvalue weighted by Crippen LogP contribution is 2.43. The Hall–Kier alpha value is -2.06. The van der Waals surface area contributed by atoms with Crippen LogP contribution in [-0.2, 0) is 0 Å². The van der Waals surface area contributed by atoms with Gasteiger partial charge in [0.05, 0.1) is 16.8 Å². The topological polar surface area (TPSA) is 66.9 Å². The van der Waals surface area contributed by atoms with Crippen LogP contribution < -0.4 is 19.7 Å². The predicted octanol–water partition coefficient (Wildman–Crippen LogP) is 1.63. The van der Waals surface area contributed by atoms with Crippen LogP contribution in [0.3, 0.4) is 0 Å². The van der Waals surface area contributed by atoms with E-state index in [1.807, 2.05) is 17.0 Å². The maximum absolute atomic E-state index is 12.5. The molecule has 1 N–H and O–H groups in total.